The van der Waals surface area contributed by atoms with Crippen LogP contribution < -0.4 is 0 Å². The maximum Gasteiger partial charge on any atom is 0.0703 e. The highest BCUT2D eigenvalue weighted by atomic mass is 16.5. The fourth-order valence-corrected chi connectivity index (χ4v) is 2.99. The number of hydrogen-bond acceptors (Lipinski definition) is 3. The zero-order chi connectivity index (χ0) is 15.9. The van der Waals surface area contributed by atoms with Gasteiger partial charge in [0.2, 0.25) is 0 Å². The number of rotatable bonds is 7. The summed E-state index contributed by atoms with van der Waals surface area (Å²) in [5.41, 5.74) is 2.49. The lowest BCUT2D eigenvalue weighted by molar-refractivity contribution is 0.0747. The molecule has 0 radical (unpaired) electrons. The zero-order valence-electron chi connectivity index (χ0n) is 13.8. The molecule has 3 rings (SSSR count). The Balaban J connectivity index is 1.60. The molecule has 1 aromatic carbocycles. The highest BCUT2D eigenvalue weighted by Crippen LogP contribution is 2.15. The molecule has 2 heterocycles. The maximum absolute atomic E-state index is 5.80. The van der Waals surface area contributed by atoms with Crippen LogP contribution in [0.5, 0.6) is 0 Å². The minimum atomic E-state index is 0.372. The first-order valence-corrected chi connectivity index (χ1v) is 8.33. The molecule has 4 heteroatoms. The monoisotopic (exact) mass is 311 g/mol. The second kappa shape index (κ2) is 8.09. The Hall–Kier alpha value is -1.91. The van der Waals surface area contributed by atoms with Crippen LogP contribution >= 0.6 is 0 Å². The summed E-state index contributed by atoms with van der Waals surface area (Å²) in [5.74, 6) is 0. The van der Waals surface area contributed by atoms with E-state index >= 15 is 0 Å². The van der Waals surface area contributed by atoms with E-state index in [0.29, 0.717) is 6.10 Å². The number of ether oxygens (including phenoxy) is 1. The third-order valence-electron chi connectivity index (χ3n) is 4.12. The van der Waals surface area contributed by atoms with Gasteiger partial charge < -0.3 is 4.74 Å². The average molecular weight is 311 g/mol. The predicted octanol–water partition coefficient (Wildman–Crippen LogP) is 3.11. The van der Waals surface area contributed by atoms with Gasteiger partial charge in [-0.2, -0.15) is 5.10 Å². The van der Waals surface area contributed by atoms with Gasteiger partial charge in [-0.3, -0.25) is 9.58 Å². The smallest absolute Gasteiger partial charge is 0.0703 e. The minimum Gasteiger partial charge on any atom is -0.377 e. The van der Waals surface area contributed by atoms with E-state index in [1.54, 1.807) is 0 Å². The average Bonchev–Trinajstić information content (AvgIpc) is 3.20. The van der Waals surface area contributed by atoms with Crippen LogP contribution in [0.15, 0.2) is 48.8 Å². The van der Waals surface area contributed by atoms with E-state index in [2.05, 4.69) is 52.6 Å². The fourth-order valence-electron chi connectivity index (χ4n) is 2.99. The molecule has 122 valence electrons. The summed E-state index contributed by atoms with van der Waals surface area (Å²) in [6, 6.07) is 10.4. The van der Waals surface area contributed by atoms with E-state index < -0.39 is 0 Å². The van der Waals surface area contributed by atoms with Gasteiger partial charge in [0.15, 0.2) is 0 Å². The molecule has 1 saturated heterocycles. The Labute approximate surface area is 138 Å². The number of aromatic nitrogens is 2. The topological polar surface area (TPSA) is 30.3 Å². The molecule has 1 unspecified atom stereocenters. The van der Waals surface area contributed by atoms with Crippen LogP contribution in [-0.2, 0) is 18.3 Å². The predicted molar refractivity (Wildman–Crippen MR) is 92.9 cm³/mol. The summed E-state index contributed by atoms with van der Waals surface area (Å²) in [7, 11) is 1.96. The molecule has 4 nitrogen and oxygen atoms in total. The van der Waals surface area contributed by atoms with E-state index in [-0.39, 0.29) is 0 Å². The Morgan fingerprint density at radius 3 is 2.91 bits per heavy atom. The molecule has 1 atom stereocenters. The molecule has 0 saturated carbocycles. The molecule has 1 fully saturated rings. The number of hydrogen-bond donors (Lipinski definition) is 0. The van der Waals surface area contributed by atoms with E-state index in [0.717, 1.165) is 26.2 Å². The van der Waals surface area contributed by atoms with Gasteiger partial charge in [-0.15, -0.1) is 0 Å². The highest BCUT2D eigenvalue weighted by molar-refractivity contribution is 5.48. The van der Waals surface area contributed by atoms with Crippen molar-refractivity contribution in [3.63, 3.8) is 0 Å². The minimum absolute atomic E-state index is 0.372. The Morgan fingerprint density at radius 1 is 1.35 bits per heavy atom. The molecule has 23 heavy (non-hydrogen) atoms. The molecular formula is C19H25N3O. The molecule has 0 spiro atoms. The van der Waals surface area contributed by atoms with E-state index in [1.807, 2.05) is 24.0 Å². The normalized spacial score (nSPS) is 18.3. The number of benzene rings is 1. The standard InChI is InChI=1S/C19H25N3O/c1-21-14-18(13-20-21)15-22(16-19-10-6-12-23-19)11-5-9-17-7-3-2-4-8-17/h2-5,7-9,13-14,19H,6,10-12,15-16H2,1H3/b9-5+. The second-order valence-corrected chi connectivity index (χ2v) is 6.16. The molecule has 2 aromatic rings. The lowest BCUT2D eigenvalue weighted by Gasteiger charge is -2.23. The zero-order valence-corrected chi connectivity index (χ0v) is 13.8. The van der Waals surface area contributed by atoms with Gasteiger partial charge in [0.25, 0.3) is 0 Å². The van der Waals surface area contributed by atoms with E-state index in [9.17, 15) is 0 Å². The third-order valence-corrected chi connectivity index (χ3v) is 4.12. The summed E-state index contributed by atoms with van der Waals surface area (Å²) in [6.07, 6.45) is 11.2. The molecular weight excluding hydrogens is 286 g/mol. The van der Waals surface area contributed by atoms with Gasteiger partial charge in [0, 0.05) is 45.0 Å². The molecule has 1 aliphatic rings. The Kier molecular flexibility index (Phi) is 5.61. The third kappa shape index (κ3) is 5.05. The summed E-state index contributed by atoms with van der Waals surface area (Å²) in [4.78, 5) is 2.44. The number of aryl methyl sites for hydroxylation is 1. The van der Waals surface area contributed by atoms with Gasteiger partial charge in [-0.05, 0) is 18.4 Å². The maximum atomic E-state index is 5.80. The Bertz CT molecular complexity index is 615. The number of nitrogens with zero attached hydrogens (tertiary/aromatic N) is 3. The first-order valence-electron chi connectivity index (χ1n) is 8.33. The van der Waals surface area contributed by atoms with Crippen molar-refractivity contribution in [2.75, 3.05) is 19.7 Å². The quantitative estimate of drug-likeness (QED) is 0.787. The van der Waals surface area contributed by atoms with Crippen LogP contribution in [0, 0.1) is 0 Å². The van der Waals surface area contributed by atoms with Crippen LogP contribution in [0.25, 0.3) is 6.08 Å². The van der Waals surface area contributed by atoms with Crippen molar-refractivity contribution in [3.05, 3.63) is 59.9 Å². The van der Waals surface area contributed by atoms with Crippen LogP contribution in [0.2, 0.25) is 0 Å². The van der Waals surface area contributed by atoms with Gasteiger partial charge in [0.1, 0.15) is 0 Å². The van der Waals surface area contributed by atoms with Crippen molar-refractivity contribution < 1.29 is 4.74 Å². The van der Waals surface area contributed by atoms with Crippen molar-refractivity contribution in [2.24, 2.45) is 7.05 Å². The first kappa shape index (κ1) is 16.0. The Morgan fingerprint density at radius 2 is 2.22 bits per heavy atom. The van der Waals surface area contributed by atoms with Crippen LogP contribution in [0.3, 0.4) is 0 Å². The molecule has 1 aliphatic heterocycles. The lowest BCUT2D eigenvalue weighted by Crippen LogP contribution is -2.31. The van der Waals surface area contributed by atoms with Crippen molar-refractivity contribution in [1.82, 2.24) is 14.7 Å². The summed E-state index contributed by atoms with van der Waals surface area (Å²) in [6.45, 7) is 3.72. The molecule has 0 N–H and O–H groups in total. The van der Waals surface area contributed by atoms with Gasteiger partial charge in [-0.25, -0.2) is 0 Å². The molecule has 0 amide bonds. The summed E-state index contributed by atoms with van der Waals surface area (Å²) in [5, 5.41) is 4.27. The molecule has 0 bridgehead atoms. The van der Waals surface area contributed by atoms with Crippen molar-refractivity contribution in [2.45, 2.75) is 25.5 Å². The van der Waals surface area contributed by atoms with Crippen LogP contribution in [0.4, 0.5) is 0 Å². The van der Waals surface area contributed by atoms with Crippen molar-refractivity contribution >= 4 is 6.08 Å². The first-order chi connectivity index (χ1) is 11.3. The molecule has 1 aromatic heterocycles. The fraction of sp³-hybridized carbons (Fsp3) is 0.421. The highest BCUT2D eigenvalue weighted by Gasteiger charge is 2.19. The van der Waals surface area contributed by atoms with Crippen LogP contribution in [-0.4, -0.2) is 40.5 Å². The van der Waals surface area contributed by atoms with E-state index in [1.165, 1.54) is 24.0 Å². The second-order valence-electron chi connectivity index (χ2n) is 6.16. The largest absolute Gasteiger partial charge is 0.377 e. The lowest BCUT2D eigenvalue weighted by atomic mass is 10.2. The van der Waals surface area contributed by atoms with Crippen molar-refractivity contribution in [3.8, 4) is 0 Å². The SMILES string of the molecule is Cn1cc(CN(C/C=C/c2ccccc2)CC2CCCO2)cn1. The van der Waals surface area contributed by atoms with E-state index in [4.69, 9.17) is 4.74 Å². The van der Waals surface area contributed by atoms with Gasteiger partial charge >= 0.3 is 0 Å². The summed E-state index contributed by atoms with van der Waals surface area (Å²) < 4.78 is 7.66. The van der Waals surface area contributed by atoms with Gasteiger partial charge in [0.05, 0.1) is 12.3 Å². The van der Waals surface area contributed by atoms with Crippen molar-refractivity contribution in [1.29, 1.82) is 0 Å². The van der Waals surface area contributed by atoms with Crippen LogP contribution in [0.1, 0.15) is 24.0 Å². The van der Waals surface area contributed by atoms with Gasteiger partial charge in [-0.1, -0.05) is 42.5 Å². The molecule has 0 aliphatic carbocycles. The summed E-state index contributed by atoms with van der Waals surface area (Å²) >= 11 is 0.